The molecule has 0 aromatic carbocycles. The largest absolute Gasteiger partial charge is 0.384 e. The van der Waals surface area contributed by atoms with Crippen molar-refractivity contribution < 1.29 is 4.74 Å². The summed E-state index contributed by atoms with van der Waals surface area (Å²) in [5, 5.41) is 4.23. The van der Waals surface area contributed by atoms with Crippen molar-refractivity contribution >= 4 is 15.9 Å². The lowest BCUT2D eigenvalue weighted by atomic mass is 10.1. The molecule has 0 bridgehead atoms. The highest BCUT2D eigenvalue weighted by Gasteiger charge is 2.04. The maximum Gasteiger partial charge on any atom is 0.0587 e. The summed E-state index contributed by atoms with van der Waals surface area (Å²) in [6, 6.07) is 0. The number of aryl methyl sites for hydroxylation is 2. The predicted molar refractivity (Wildman–Crippen MR) is 60.8 cm³/mol. The molecule has 0 saturated heterocycles. The zero-order valence-electron chi connectivity index (χ0n) is 8.74. The Kier molecular flexibility index (Phi) is 5.19. The van der Waals surface area contributed by atoms with E-state index in [2.05, 4.69) is 34.1 Å². The Balaban J connectivity index is 2.30. The van der Waals surface area contributed by atoms with E-state index in [0.717, 1.165) is 26.0 Å². The predicted octanol–water partition coefficient (Wildman–Crippen LogP) is 2.25. The topological polar surface area (TPSA) is 27.1 Å². The van der Waals surface area contributed by atoms with Gasteiger partial charge in [-0.05, 0) is 25.3 Å². The van der Waals surface area contributed by atoms with E-state index in [1.165, 1.54) is 5.56 Å². The fraction of sp³-hybridized carbons (Fsp3) is 0.700. The van der Waals surface area contributed by atoms with E-state index in [9.17, 15) is 0 Å². The van der Waals surface area contributed by atoms with Crippen LogP contribution in [0.25, 0.3) is 0 Å². The summed E-state index contributed by atoms with van der Waals surface area (Å²) < 4.78 is 7.00. The lowest BCUT2D eigenvalue weighted by molar-refractivity contribution is 0.198. The van der Waals surface area contributed by atoms with Crippen molar-refractivity contribution in [3.8, 4) is 0 Å². The third-order valence-corrected chi connectivity index (χ3v) is 2.83. The minimum Gasteiger partial charge on any atom is -0.384 e. The molecule has 80 valence electrons. The first kappa shape index (κ1) is 11.7. The van der Waals surface area contributed by atoms with Crippen LogP contribution in [0.5, 0.6) is 0 Å². The Hall–Kier alpha value is -0.350. The van der Waals surface area contributed by atoms with Gasteiger partial charge in [0.05, 0.1) is 12.8 Å². The van der Waals surface area contributed by atoms with Crippen LogP contribution in [0.4, 0.5) is 0 Å². The van der Waals surface area contributed by atoms with Crippen LogP contribution in [-0.2, 0) is 17.7 Å². The molecule has 0 amide bonds. The second kappa shape index (κ2) is 6.19. The molecule has 3 nitrogen and oxygen atoms in total. The Bertz CT molecular complexity index is 262. The zero-order valence-corrected chi connectivity index (χ0v) is 10.3. The van der Waals surface area contributed by atoms with Gasteiger partial charge in [-0.15, -0.1) is 0 Å². The molecule has 4 heteroatoms. The summed E-state index contributed by atoms with van der Waals surface area (Å²) in [5.41, 5.74) is 1.30. The van der Waals surface area contributed by atoms with Crippen LogP contribution in [0.3, 0.4) is 0 Å². The number of hydrogen-bond acceptors (Lipinski definition) is 2. The van der Waals surface area contributed by atoms with E-state index in [1.807, 2.05) is 10.9 Å². The van der Waals surface area contributed by atoms with Gasteiger partial charge in [-0.25, -0.2) is 0 Å². The molecule has 1 aromatic rings. The lowest BCUT2D eigenvalue weighted by Crippen LogP contribution is -2.07. The molecule has 0 radical (unpaired) electrons. The van der Waals surface area contributed by atoms with E-state index >= 15 is 0 Å². The first-order valence-electron chi connectivity index (χ1n) is 4.90. The molecule has 0 aliphatic rings. The molecule has 0 aliphatic carbocycles. The normalized spacial score (nSPS) is 13.1. The fourth-order valence-electron chi connectivity index (χ4n) is 1.30. The van der Waals surface area contributed by atoms with Gasteiger partial charge in [0.25, 0.3) is 0 Å². The monoisotopic (exact) mass is 260 g/mol. The standard InChI is InChI=1S/C10H17BrN2O/c1-3-13-7-9(6-12-13)4-5-10(11)8-14-2/h6-7,10H,3-5,8H2,1-2H3. The van der Waals surface area contributed by atoms with E-state index in [4.69, 9.17) is 4.74 Å². The van der Waals surface area contributed by atoms with Gasteiger partial charge in [-0.3, -0.25) is 4.68 Å². The molecule has 1 atom stereocenters. The molecule has 0 aliphatic heterocycles. The first-order valence-corrected chi connectivity index (χ1v) is 5.82. The third kappa shape index (κ3) is 3.80. The minimum atomic E-state index is 0.442. The molecule has 1 unspecified atom stereocenters. The number of ether oxygens (including phenoxy) is 1. The van der Waals surface area contributed by atoms with E-state index in [1.54, 1.807) is 7.11 Å². The fourth-order valence-corrected chi connectivity index (χ4v) is 1.79. The molecule has 0 saturated carbocycles. The van der Waals surface area contributed by atoms with Gasteiger partial charge >= 0.3 is 0 Å². The molecule has 1 aromatic heterocycles. The molecule has 1 rings (SSSR count). The van der Waals surface area contributed by atoms with Gasteiger partial charge in [-0.1, -0.05) is 15.9 Å². The summed E-state index contributed by atoms with van der Waals surface area (Å²) >= 11 is 3.57. The average molecular weight is 261 g/mol. The average Bonchev–Trinajstić information content (AvgIpc) is 2.63. The van der Waals surface area contributed by atoms with Crippen molar-refractivity contribution in [3.05, 3.63) is 18.0 Å². The Morgan fingerprint density at radius 1 is 1.64 bits per heavy atom. The highest BCUT2D eigenvalue weighted by molar-refractivity contribution is 9.09. The lowest BCUT2D eigenvalue weighted by Gasteiger charge is -2.06. The highest BCUT2D eigenvalue weighted by Crippen LogP contribution is 2.10. The smallest absolute Gasteiger partial charge is 0.0587 e. The zero-order chi connectivity index (χ0) is 10.4. The quantitative estimate of drug-likeness (QED) is 0.734. The van der Waals surface area contributed by atoms with Crippen molar-refractivity contribution in [3.63, 3.8) is 0 Å². The number of halogens is 1. The molecule has 0 spiro atoms. The van der Waals surface area contributed by atoms with Crippen LogP contribution in [-0.4, -0.2) is 28.3 Å². The summed E-state index contributed by atoms with van der Waals surface area (Å²) in [5.74, 6) is 0. The van der Waals surface area contributed by atoms with E-state index in [0.29, 0.717) is 4.83 Å². The Morgan fingerprint density at radius 2 is 2.43 bits per heavy atom. The van der Waals surface area contributed by atoms with Crippen molar-refractivity contribution in [1.29, 1.82) is 0 Å². The Morgan fingerprint density at radius 3 is 3.00 bits per heavy atom. The van der Waals surface area contributed by atoms with Crippen molar-refractivity contribution in [1.82, 2.24) is 9.78 Å². The second-order valence-corrected chi connectivity index (χ2v) is 4.59. The number of alkyl halides is 1. The van der Waals surface area contributed by atoms with Gasteiger partial charge in [0.2, 0.25) is 0 Å². The molecule has 0 fully saturated rings. The number of aromatic nitrogens is 2. The number of hydrogen-bond donors (Lipinski definition) is 0. The van der Waals surface area contributed by atoms with Crippen LogP contribution >= 0.6 is 15.9 Å². The van der Waals surface area contributed by atoms with Crippen molar-refractivity contribution in [2.45, 2.75) is 31.1 Å². The summed E-state index contributed by atoms with van der Waals surface area (Å²) in [6.45, 7) is 3.80. The van der Waals surface area contributed by atoms with Crippen LogP contribution in [0.15, 0.2) is 12.4 Å². The first-order chi connectivity index (χ1) is 6.76. The summed E-state index contributed by atoms with van der Waals surface area (Å²) in [7, 11) is 1.73. The third-order valence-electron chi connectivity index (χ3n) is 2.10. The SMILES string of the molecule is CCn1cc(CCC(Br)COC)cn1. The van der Waals surface area contributed by atoms with Gasteiger partial charge in [-0.2, -0.15) is 5.10 Å². The van der Waals surface area contributed by atoms with E-state index < -0.39 is 0 Å². The number of methoxy groups -OCH3 is 1. The van der Waals surface area contributed by atoms with Crippen LogP contribution in [0, 0.1) is 0 Å². The van der Waals surface area contributed by atoms with Crippen LogP contribution < -0.4 is 0 Å². The van der Waals surface area contributed by atoms with Gasteiger partial charge < -0.3 is 4.74 Å². The minimum absolute atomic E-state index is 0.442. The maximum atomic E-state index is 5.05. The van der Waals surface area contributed by atoms with Crippen LogP contribution in [0.1, 0.15) is 18.9 Å². The molecular weight excluding hydrogens is 244 g/mol. The number of nitrogens with zero attached hydrogens (tertiary/aromatic N) is 2. The molecular formula is C10H17BrN2O. The molecule has 14 heavy (non-hydrogen) atoms. The molecule has 0 N–H and O–H groups in total. The van der Waals surface area contributed by atoms with Crippen molar-refractivity contribution in [2.75, 3.05) is 13.7 Å². The number of rotatable bonds is 6. The van der Waals surface area contributed by atoms with Gasteiger partial charge in [0.15, 0.2) is 0 Å². The Labute approximate surface area is 93.6 Å². The highest BCUT2D eigenvalue weighted by atomic mass is 79.9. The second-order valence-electron chi connectivity index (χ2n) is 3.30. The van der Waals surface area contributed by atoms with Gasteiger partial charge in [0, 0.05) is 24.7 Å². The van der Waals surface area contributed by atoms with E-state index in [-0.39, 0.29) is 0 Å². The van der Waals surface area contributed by atoms with Crippen LogP contribution in [0.2, 0.25) is 0 Å². The van der Waals surface area contributed by atoms with Crippen molar-refractivity contribution in [2.24, 2.45) is 0 Å². The summed E-state index contributed by atoms with van der Waals surface area (Å²) in [4.78, 5) is 0.442. The van der Waals surface area contributed by atoms with Gasteiger partial charge in [0.1, 0.15) is 0 Å². The maximum absolute atomic E-state index is 5.05. The summed E-state index contributed by atoms with van der Waals surface area (Å²) in [6.07, 6.45) is 6.19. The molecule has 1 heterocycles.